The highest BCUT2D eigenvalue weighted by Crippen LogP contribution is 2.60. The number of carbonyl (C=O) groups is 3. The predicted octanol–water partition coefficient (Wildman–Crippen LogP) is 1.23. The van der Waals surface area contributed by atoms with Gasteiger partial charge in [0.25, 0.3) is 0 Å². The van der Waals surface area contributed by atoms with Crippen molar-refractivity contribution in [2.45, 2.75) is 55.3 Å². The summed E-state index contributed by atoms with van der Waals surface area (Å²) in [6, 6.07) is 7.64. The lowest BCUT2D eigenvalue weighted by atomic mass is 9.70. The van der Waals surface area contributed by atoms with Gasteiger partial charge in [-0.15, -0.1) is 0 Å². The highest BCUT2D eigenvalue weighted by Gasteiger charge is 2.77. The van der Waals surface area contributed by atoms with Crippen molar-refractivity contribution in [3.8, 4) is 0 Å². The van der Waals surface area contributed by atoms with Crippen molar-refractivity contribution in [3.63, 3.8) is 0 Å². The minimum atomic E-state index is -1.15. The molecule has 1 spiro atoms. The number of morpholine rings is 1. The third kappa shape index (κ3) is 5.36. The first-order valence-corrected chi connectivity index (χ1v) is 14.9. The van der Waals surface area contributed by atoms with Crippen molar-refractivity contribution >= 4 is 39.3 Å². The smallest absolute Gasteiger partial charge is 0.245 e. The summed E-state index contributed by atoms with van der Waals surface area (Å²) < 4.78 is 12.0. The van der Waals surface area contributed by atoms with E-state index in [1.54, 1.807) is 17.0 Å². The zero-order valence-electron chi connectivity index (χ0n) is 22.6. The monoisotopic (exact) mass is 606 g/mol. The fourth-order valence-electron chi connectivity index (χ4n) is 6.89. The Hall–Kier alpha value is -2.05. The Balaban J connectivity index is 1.43. The Morgan fingerprint density at radius 2 is 1.90 bits per heavy atom. The number of halogens is 1. The molecular formula is C28H39BrN4O6. The minimum Gasteiger partial charge on any atom is -0.394 e. The van der Waals surface area contributed by atoms with Gasteiger partial charge in [0, 0.05) is 36.7 Å². The minimum absolute atomic E-state index is 0.186. The third-order valence-electron chi connectivity index (χ3n) is 8.50. The number of carbonyl (C=O) groups excluding carboxylic acids is 3. The van der Waals surface area contributed by atoms with Crippen molar-refractivity contribution < 1.29 is 29.0 Å². The highest BCUT2D eigenvalue weighted by atomic mass is 79.9. The normalized spacial score (nSPS) is 32.9. The van der Waals surface area contributed by atoms with Crippen LogP contribution in [0, 0.1) is 17.8 Å². The van der Waals surface area contributed by atoms with Crippen LogP contribution in [0.2, 0.25) is 0 Å². The number of aliphatic hydroxyl groups is 1. The second-order valence-corrected chi connectivity index (χ2v) is 12.7. The van der Waals surface area contributed by atoms with E-state index in [0.717, 1.165) is 13.1 Å². The Labute approximate surface area is 237 Å². The molecule has 4 fully saturated rings. The van der Waals surface area contributed by atoms with Crippen molar-refractivity contribution in [2.75, 3.05) is 51.3 Å². The number of hydrogen-bond donors (Lipinski definition) is 3. The molecule has 1 aromatic carbocycles. The van der Waals surface area contributed by atoms with Crippen LogP contribution in [0.15, 0.2) is 30.3 Å². The first-order chi connectivity index (χ1) is 18.8. The van der Waals surface area contributed by atoms with Crippen LogP contribution in [0.5, 0.6) is 0 Å². The predicted molar refractivity (Wildman–Crippen MR) is 148 cm³/mol. The van der Waals surface area contributed by atoms with Crippen LogP contribution < -0.4 is 10.6 Å². The number of nitrogens with one attached hydrogen (secondary N) is 2. The largest absolute Gasteiger partial charge is 0.394 e. The number of para-hydroxylation sites is 1. The number of amides is 3. The van der Waals surface area contributed by atoms with Crippen molar-refractivity contribution in [2.24, 2.45) is 17.8 Å². The summed E-state index contributed by atoms with van der Waals surface area (Å²) in [5.41, 5.74) is -0.514. The molecule has 1 aromatic rings. The molecule has 0 aliphatic carbocycles. The van der Waals surface area contributed by atoms with E-state index in [-0.39, 0.29) is 35.1 Å². The molecular weight excluding hydrogens is 568 g/mol. The Morgan fingerprint density at radius 3 is 2.56 bits per heavy atom. The first-order valence-electron chi connectivity index (χ1n) is 14.0. The van der Waals surface area contributed by atoms with Crippen molar-refractivity contribution in [1.29, 1.82) is 0 Å². The van der Waals surface area contributed by atoms with Gasteiger partial charge in [0.05, 0.1) is 43.8 Å². The molecule has 214 valence electrons. The van der Waals surface area contributed by atoms with Gasteiger partial charge < -0.3 is 30.1 Å². The zero-order chi connectivity index (χ0) is 27.7. The summed E-state index contributed by atoms with van der Waals surface area (Å²) >= 11 is 3.70. The van der Waals surface area contributed by atoms with E-state index in [4.69, 9.17) is 9.47 Å². The molecule has 3 N–H and O–H groups in total. The van der Waals surface area contributed by atoms with Gasteiger partial charge in [-0.05, 0) is 30.9 Å². The summed E-state index contributed by atoms with van der Waals surface area (Å²) in [6.45, 7) is 7.83. The van der Waals surface area contributed by atoms with Gasteiger partial charge in [-0.2, -0.15) is 0 Å². The summed E-state index contributed by atoms with van der Waals surface area (Å²) in [7, 11) is 0. The number of rotatable bonds is 10. The van der Waals surface area contributed by atoms with Gasteiger partial charge in [-0.25, -0.2) is 0 Å². The van der Waals surface area contributed by atoms with Crippen LogP contribution in [-0.2, 0) is 23.9 Å². The van der Waals surface area contributed by atoms with E-state index in [0.29, 0.717) is 44.8 Å². The summed E-state index contributed by atoms with van der Waals surface area (Å²) in [5.74, 6) is -2.27. The molecule has 3 unspecified atom stereocenters. The molecule has 0 saturated carbocycles. The lowest BCUT2D eigenvalue weighted by Gasteiger charge is -2.37. The number of aliphatic hydroxyl groups excluding tert-OH is 1. The summed E-state index contributed by atoms with van der Waals surface area (Å²) in [4.78, 5) is 45.3. The van der Waals surface area contributed by atoms with Crippen molar-refractivity contribution in [3.05, 3.63) is 30.3 Å². The average Bonchev–Trinajstić information content (AvgIpc) is 3.51. The van der Waals surface area contributed by atoms with Gasteiger partial charge >= 0.3 is 0 Å². The van der Waals surface area contributed by atoms with Gasteiger partial charge in [-0.3, -0.25) is 19.3 Å². The molecule has 39 heavy (non-hydrogen) atoms. The van der Waals surface area contributed by atoms with Gasteiger partial charge in [0.1, 0.15) is 11.6 Å². The van der Waals surface area contributed by atoms with E-state index in [9.17, 15) is 19.5 Å². The number of likely N-dealkylation sites (tertiary alicyclic amines) is 1. The lowest BCUT2D eigenvalue weighted by molar-refractivity contribution is -0.145. The fourth-order valence-corrected chi connectivity index (χ4v) is 7.83. The standard InChI is InChI=1S/C28H39BrN4O6/c1-17(2)14-19(16-34)33-24(26(36)30-8-9-32-10-12-38-13-11-32)28-15-20(29)23(39-28)21(22(28)27(33)37)25(35)31-18-6-4-3-5-7-18/h3-7,17,19-24,34H,8-16H2,1-2H3,(H,30,36)(H,31,35)/t19-,20?,21+,22+,23+,24?,28?/m1/s1. The number of anilines is 1. The first kappa shape index (κ1) is 28.5. The van der Waals surface area contributed by atoms with Crippen LogP contribution in [-0.4, -0.2) is 107 Å². The van der Waals surface area contributed by atoms with E-state index < -0.39 is 35.6 Å². The molecule has 10 nitrogen and oxygen atoms in total. The molecule has 0 radical (unpaired) electrons. The highest BCUT2D eigenvalue weighted by molar-refractivity contribution is 9.09. The Morgan fingerprint density at radius 1 is 1.18 bits per heavy atom. The average molecular weight is 608 g/mol. The molecule has 4 aliphatic heterocycles. The summed E-state index contributed by atoms with van der Waals surface area (Å²) in [5, 5.41) is 16.4. The number of nitrogens with zero attached hydrogens (tertiary/aromatic N) is 2. The molecule has 0 aromatic heterocycles. The fraction of sp³-hybridized carbons (Fsp3) is 0.679. The van der Waals surface area contributed by atoms with Crippen LogP contribution in [0.25, 0.3) is 0 Å². The van der Waals surface area contributed by atoms with E-state index in [2.05, 4.69) is 31.5 Å². The maximum atomic E-state index is 14.2. The molecule has 11 heteroatoms. The van der Waals surface area contributed by atoms with Crippen LogP contribution in [0.4, 0.5) is 5.69 Å². The Bertz CT molecular complexity index is 1050. The molecule has 7 atom stereocenters. The van der Waals surface area contributed by atoms with Gasteiger partial charge in [0.15, 0.2) is 0 Å². The van der Waals surface area contributed by atoms with Crippen LogP contribution in [0.3, 0.4) is 0 Å². The second-order valence-electron chi connectivity index (χ2n) is 11.5. The van der Waals surface area contributed by atoms with Crippen LogP contribution in [0.1, 0.15) is 26.7 Å². The molecule has 3 amide bonds. The number of fused-ring (bicyclic) bond motifs is 1. The van der Waals surface area contributed by atoms with Gasteiger partial charge in [0.2, 0.25) is 17.7 Å². The van der Waals surface area contributed by atoms with Crippen LogP contribution >= 0.6 is 15.9 Å². The maximum absolute atomic E-state index is 14.2. The topological polar surface area (TPSA) is 120 Å². The third-order valence-corrected chi connectivity index (χ3v) is 9.34. The second kappa shape index (κ2) is 11.8. The molecule has 4 aliphatic rings. The number of alkyl halides is 1. The van der Waals surface area contributed by atoms with E-state index in [1.165, 1.54) is 0 Å². The number of ether oxygens (including phenoxy) is 2. The Kier molecular flexibility index (Phi) is 8.63. The maximum Gasteiger partial charge on any atom is 0.245 e. The zero-order valence-corrected chi connectivity index (χ0v) is 24.1. The molecule has 5 rings (SSSR count). The molecule has 4 saturated heterocycles. The van der Waals surface area contributed by atoms with E-state index in [1.807, 2.05) is 32.0 Å². The quantitative estimate of drug-likeness (QED) is 0.343. The summed E-state index contributed by atoms with van der Waals surface area (Å²) in [6.07, 6.45) is 0.428. The van der Waals surface area contributed by atoms with Gasteiger partial charge in [-0.1, -0.05) is 48.0 Å². The van der Waals surface area contributed by atoms with E-state index >= 15 is 0 Å². The molecule has 2 bridgehead atoms. The number of hydrogen-bond acceptors (Lipinski definition) is 7. The SMILES string of the molecule is CC(C)C[C@H](CO)N1C(=O)[C@@H]2[C@H](C(=O)Nc3ccccc3)[C@H]3OC2(CC3Br)C1C(=O)NCCN1CCOCC1. The number of benzene rings is 1. The van der Waals surface area contributed by atoms with Crippen molar-refractivity contribution in [1.82, 2.24) is 15.1 Å². The molecule has 4 heterocycles. The lowest BCUT2D eigenvalue weighted by Crippen LogP contribution is -2.59.